The molecule has 0 atom stereocenters. The van der Waals surface area contributed by atoms with E-state index in [1.165, 1.54) is 0 Å². The van der Waals surface area contributed by atoms with E-state index in [-0.39, 0.29) is 18.3 Å². The van der Waals surface area contributed by atoms with Crippen LogP contribution in [-0.2, 0) is 11.3 Å². The summed E-state index contributed by atoms with van der Waals surface area (Å²) in [7, 11) is 1.78. The van der Waals surface area contributed by atoms with Crippen LogP contribution < -0.4 is 10.1 Å². The van der Waals surface area contributed by atoms with Gasteiger partial charge < -0.3 is 19.4 Å². The maximum Gasteiger partial charge on any atom is 0.246 e. The summed E-state index contributed by atoms with van der Waals surface area (Å²) in [6.45, 7) is 3.78. The van der Waals surface area contributed by atoms with E-state index >= 15 is 0 Å². The number of pyridine rings is 1. The smallest absolute Gasteiger partial charge is 0.246 e. The number of carbonyl (C=O) groups is 1. The first-order valence-corrected chi connectivity index (χ1v) is 8.89. The Kier molecular flexibility index (Phi) is 5.90. The fourth-order valence-corrected chi connectivity index (χ4v) is 3.15. The first-order valence-electron chi connectivity index (χ1n) is 8.89. The Hall–Kier alpha value is -2.99. The summed E-state index contributed by atoms with van der Waals surface area (Å²) in [4.78, 5) is 18.5. The second-order valence-electron chi connectivity index (χ2n) is 6.55. The highest BCUT2D eigenvalue weighted by molar-refractivity contribution is 5.92. The quantitative estimate of drug-likeness (QED) is 0.671. The van der Waals surface area contributed by atoms with Gasteiger partial charge in [-0.2, -0.15) is 0 Å². The maximum atomic E-state index is 12.5. The van der Waals surface area contributed by atoms with Crippen LogP contribution in [0.3, 0.4) is 0 Å². The van der Waals surface area contributed by atoms with Gasteiger partial charge in [-0.25, -0.2) is 4.98 Å². The molecule has 0 unspecified atom stereocenters. The molecule has 2 aromatic heterocycles. The van der Waals surface area contributed by atoms with Crippen LogP contribution in [0.15, 0.2) is 47.0 Å². The van der Waals surface area contributed by atoms with Crippen molar-refractivity contribution in [3.05, 3.63) is 59.5 Å². The van der Waals surface area contributed by atoms with Crippen molar-refractivity contribution >= 4 is 41.2 Å². The van der Waals surface area contributed by atoms with E-state index in [1.807, 2.05) is 37.3 Å². The summed E-state index contributed by atoms with van der Waals surface area (Å²) in [5, 5.41) is 4.22. The summed E-state index contributed by atoms with van der Waals surface area (Å²) in [6, 6.07) is 9.75. The predicted octanol–water partition coefficient (Wildman–Crippen LogP) is 4.03. The van der Waals surface area contributed by atoms with Crippen molar-refractivity contribution in [3.8, 4) is 5.75 Å². The number of nitrogens with one attached hydrogen (secondary N) is 1. The molecule has 3 aromatic rings. The van der Waals surface area contributed by atoms with Gasteiger partial charge in [0.05, 0.1) is 6.54 Å². The van der Waals surface area contributed by atoms with Crippen molar-refractivity contribution in [2.75, 3.05) is 25.5 Å². The van der Waals surface area contributed by atoms with Crippen molar-refractivity contribution in [2.45, 2.75) is 13.5 Å². The number of ether oxygens (including phenoxy) is 1. The molecule has 0 saturated carbocycles. The van der Waals surface area contributed by atoms with E-state index in [2.05, 4.69) is 10.3 Å². The predicted molar refractivity (Wildman–Crippen MR) is 112 cm³/mol. The van der Waals surface area contributed by atoms with Gasteiger partial charge in [0.25, 0.3) is 0 Å². The average molecular weight is 400 g/mol. The van der Waals surface area contributed by atoms with Gasteiger partial charge in [-0.3, -0.25) is 4.79 Å². The average Bonchev–Trinajstić information content (AvgIpc) is 3.01. The minimum atomic E-state index is -0.0866. The first-order chi connectivity index (χ1) is 13.1. The van der Waals surface area contributed by atoms with Crippen LogP contribution in [0.25, 0.3) is 17.0 Å². The van der Waals surface area contributed by atoms with Gasteiger partial charge in [0.2, 0.25) is 5.91 Å². The molecule has 7 heteroatoms. The number of fused-ring (bicyclic) bond motifs is 2. The number of hydrogen-bond acceptors (Lipinski definition) is 5. The molecule has 28 heavy (non-hydrogen) atoms. The molecule has 1 aliphatic heterocycles. The molecule has 0 radical (unpaired) electrons. The Labute approximate surface area is 169 Å². The number of benzene rings is 1. The van der Waals surface area contributed by atoms with Gasteiger partial charge in [-0.1, -0.05) is 18.2 Å². The Morgan fingerprint density at radius 1 is 1.36 bits per heavy atom. The standard InChI is InChI=1S/C21H21N3O3.ClH/c1-14-17(16-5-3-4-6-18(16)27-14)13-24(2)20(25)8-7-15-11-19-21(23-12-15)22-9-10-26-19;/h3-8,11-12H,9-10,13H2,1-2H3,(H,22,23);1H. The van der Waals surface area contributed by atoms with Gasteiger partial charge >= 0.3 is 0 Å². The zero-order chi connectivity index (χ0) is 18.8. The summed E-state index contributed by atoms with van der Waals surface area (Å²) < 4.78 is 11.4. The lowest BCUT2D eigenvalue weighted by atomic mass is 10.1. The Balaban J connectivity index is 0.00000225. The summed E-state index contributed by atoms with van der Waals surface area (Å²) in [5.41, 5.74) is 2.70. The molecule has 0 saturated heterocycles. The number of rotatable bonds is 4. The van der Waals surface area contributed by atoms with Gasteiger partial charge in [-0.05, 0) is 30.7 Å². The van der Waals surface area contributed by atoms with Crippen LogP contribution in [-0.4, -0.2) is 36.0 Å². The third kappa shape index (κ3) is 3.97. The molecule has 0 bridgehead atoms. The molecule has 0 aliphatic carbocycles. The number of halogens is 1. The lowest BCUT2D eigenvalue weighted by molar-refractivity contribution is -0.125. The molecule has 1 aliphatic rings. The molecule has 146 valence electrons. The monoisotopic (exact) mass is 399 g/mol. The molecular weight excluding hydrogens is 378 g/mol. The lowest BCUT2D eigenvalue weighted by Crippen LogP contribution is -2.24. The summed E-state index contributed by atoms with van der Waals surface area (Å²) in [5.74, 6) is 2.20. The second kappa shape index (κ2) is 8.35. The van der Waals surface area contributed by atoms with Crippen molar-refractivity contribution in [2.24, 2.45) is 0 Å². The minimum absolute atomic E-state index is 0. The number of likely N-dealkylation sites (N-methyl/N-ethyl adjacent to an activating group) is 1. The topological polar surface area (TPSA) is 67.6 Å². The van der Waals surface area contributed by atoms with Gasteiger partial charge in [0.1, 0.15) is 18.0 Å². The van der Waals surface area contributed by atoms with Crippen LogP contribution in [0, 0.1) is 6.92 Å². The van der Waals surface area contributed by atoms with Gasteiger partial charge in [0.15, 0.2) is 11.6 Å². The van der Waals surface area contributed by atoms with E-state index in [9.17, 15) is 4.79 Å². The number of aromatic nitrogens is 1. The molecule has 1 amide bonds. The molecule has 4 rings (SSSR count). The number of anilines is 1. The van der Waals surface area contributed by atoms with Gasteiger partial charge in [-0.15, -0.1) is 12.4 Å². The fourth-order valence-electron chi connectivity index (χ4n) is 3.15. The van der Waals surface area contributed by atoms with Crippen molar-refractivity contribution in [3.63, 3.8) is 0 Å². The van der Waals surface area contributed by atoms with Crippen molar-refractivity contribution in [1.82, 2.24) is 9.88 Å². The van der Waals surface area contributed by atoms with Gasteiger partial charge in [0, 0.05) is 36.8 Å². The van der Waals surface area contributed by atoms with Crippen molar-refractivity contribution in [1.29, 1.82) is 0 Å². The van der Waals surface area contributed by atoms with E-state index < -0.39 is 0 Å². The zero-order valence-electron chi connectivity index (χ0n) is 15.8. The highest BCUT2D eigenvalue weighted by Crippen LogP contribution is 2.27. The van der Waals surface area contributed by atoms with E-state index in [0.29, 0.717) is 18.9 Å². The van der Waals surface area contributed by atoms with E-state index in [4.69, 9.17) is 9.15 Å². The lowest BCUT2D eigenvalue weighted by Gasteiger charge is -2.18. The summed E-state index contributed by atoms with van der Waals surface area (Å²) in [6.07, 6.45) is 5.03. The fraction of sp³-hybridized carbons (Fsp3) is 0.238. The first kappa shape index (κ1) is 19.8. The number of carbonyl (C=O) groups excluding carboxylic acids is 1. The maximum absolute atomic E-state index is 12.5. The van der Waals surface area contributed by atoms with Crippen LogP contribution in [0.5, 0.6) is 5.75 Å². The Morgan fingerprint density at radius 2 is 2.18 bits per heavy atom. The molecule has 1 N–H and O–H groups in total. The normalized spacial score (nSPS) is 12.8. The number of furan rings is 1. The third-order valence-electron chi connectivity index (χ3n) is 4.62. The van der Waals surface area contributed by atoms with Crippen LogP contribution >= 0.6 is 12.4 Å². The molecule has 3 heterocycles. The van der Waals surface area contributed by atoms with Crippen LogP contribution in [0.1, 0.15) is 16.9 Å². The summed E-state index contributed by atoms with van der Waals surface area (Å²) >= 11 is 0. The minimum Gasteiger partial charge on any atom is -0.488 e. The molecule has 6 nitrogen and oxygen atoms in total. The number of nitrogens with zero attached hydrogens (tertiary/aromatic N) is 2. The second-order valence-corrected chi connectivity index (χ2v) is 6.55. The molecule has 0 spiro atoms. The number of aryl methyl sites for hydroxylation is 1. The molecular formula is C21H22ClN3O3. The van der Waals surface area contributed by atoms with Crippen LogP contribution in [0.4, 0.5) is 5.82 Å². The van der Waals surface area contributed by atoms with E-state index in [1.54, 1.807) is 30.3 Å². The van der Waals surface area contributed by atoms with Crippen molar-refractivity contribution < 1.29 is 13.9 Å². The molecule has 1 aromatic carbocycles. The number of para-hydroxylation sites is 1. The highest BCUT2D eigenvalue weighted by Gasteiger charge is 2.15. The highest BCUT2D eigenvalue weighted by atomic mass is 35.5. The largest absolute Gasteiger partial charge is 0.488 e. The SMILES string of the molecule is Cc1oc2ccccc2c1CN(C)C(=O)C=Cc1cnc2c(c1)OCCN2.Cl. The number of hydrogen-bond donors (Lipinski definition) is 1. The zero-order valence-corrected chi connectivity index (χ0v) is 16.6. The number of amides is 1. The molecule has 0 fully saturated rings. The van der Waals surface area contributed by atoms with Crippen LogP contribution in [0.2, 0.25) is 0 Å². The Bertz CT molecular complexity index is 1030. The van der Waals surface area contributed by atoms with E-state index in [0.717, 1.165) is 40.2 Å². The Morgan fingerprint density at radius 3 is 3.04 bits per heavy atom. The third-order valence-corrected chi connectivity index (χ3v) is 4.62.